The molecular formula is C7H10S4. The molecule has 0 saturated carbocycles. The van der Waals surface area contributed by atoms with Gasteiger partial charge in [-0.15, -0.1) is 47.0 Å². The quantitative estimate of drug-likeness (QED) is 0.616. The van der Waals surface area contributed by atoms with E-state index in [9.17, 15) is 0 Å². The molecule has 62 valence electrons. The van der Waals surface area contributed by atoms with E-state index in [-0.39, 0.29) is 0 Å². The Kier molecular flexibility index (Phi) is 1.90. The van der Waals surface area contributed by atoms with E-state index in [1.54, 1.807) is 0 Å². The van der Waals surface area contributed by atoms with Gasteiger partial charge >= 0.3 is 0 Å². The van der Waals surface area contributed by atoms with Gasteiger partial charge in [-0.3, -0.25) is 0 Å². The van der Waals surface area contributed by atoms with Crippen molar-refractivity contribution < 1.29 is 0 Å². The SMILES string of the molecule is CC1C2SC3CC(S2)SC1S3. The van der Waals surface area contributed by atoms with Crippen LogP contribution < -0.4 is 0 Å². The lowest BCUT2D eigenvalue weighted by molar-refractivity contribution is 0.673. The van der Waals surface area contributed by atoms with Crippen molar-refractivity contribution in [2.24, 2.45) is 5.92 Å². The first-order valence-corrected chi connectivity index (χ1v) is 7.72. The van der Waals surface area contributed by atoms with Gasteiger partial charge in [0.25, 0.3) is 0 Å². The highest BCUT2D eigenvalue weighted by Crippen LogP contribution is 2.65. The summed E-state index contributed by atoms with van der Waals surface area (Å²) < 4.78 is 3.78. The van der Waals surface area contributed by atoms with Crippen LogP contribution in [0.15, 0.2) is 0 Å². The highest BCUT2D eigenvalue weighted by molar-refractivity contribution is 8.35. The summed E-state index contributed by atoms with van der Waals surface area (Å²) >= 11 is 8.91. The van der Waals surface area contributed by atoms with Crippen LogP contribution in [0.2, 0.25) is 0 Å². The van der Waals surface area contributed by atoms with Gasteiger partial charge in [0.15, 0.2) is 0 Å². The van der Waals surface area contributed by atoms with Gasteiger partial charge in [0.2, 0.25) is 0 Å². The summed E-state index contributed by atoms with van der Waals surface area (Å²) in [4.78, 5) is 0. The number of thioether (sulfide) groups is 4. The second-order valence-electron chi connectivity index (χ2n) is 3.24. The lowest BCUT2D eigenvalue weighted by atomic mass is 10.2. The number of hydrogen-bond donors (Lipinski definition) is 0. The molecule has 4 bridgehead atoms. The lowest BCUT2D eigenvalue weighted by Crippen LogP contribution is -2.41. The Balaban J connectivity index is 1.91. The summed E-state index contributed by atoms with van der Waals surface area (Å²) in [6.45, 7) is 2.42. The van der Waals surface area contributed by atoms with Crippen LogP contribution in [-0.4, -0.2) is 18.3 Å². The van der Waals surface area contributed by atoms with Gasteiger partial charge in [-0.1, -0.05) is 6.92 Å². The molecule has 0 atom stereocenters. The Morgan fingerprint density at radius 3 is 1.82 bits per heavy atom. The molecule has 4 aliphatic heterocycles. The molecule has 0 aromatic heterocycles. The molecule has 0 aromatic carbocycles. The van der Waals surface area contributed by atoms with Crippen molar-refractivity contribution in [3.8, 4) is 0 Å². The first-order chi connectivity index (χ1) is 5.33. The molecule has 0 aromatic rings. The van der Waals surface area contributed by atoms with Crippen LogP contribution >= 0.6 is 47.0 Å². The molecular weight excluding hydrogens is 212 g/mol. The van der Waals surface area contributed by atoms with Crippen molar-refractivity contribution in [3.63, 3.8) is 0 Å². The van der Waals surface area contributed by atoms with Crippen molar-refractivity contribution >= 4 is 47.0 Å². The highest BCUT2D eigenvalue weighted by Gasteiger charge is 2.48. The van der Waals surface area contributed by atoms with Crippen molar-refractivity contribution in [2.75, 3.05) is 0 Å². The van der Waals surface area contributed by atoms with Gasteiger partial charge in [-0.05, 0) is 12.3 Å². The topological polar surface area (TPSA) is 0 Å². The molecule has 4 saturated heterocycles. The molecule has 0 unspecified atom stereocenters. The maximum absolute atomic E-state index is 2.42. The average Bonchev–Trinajstić information content (AvgIpc) is 1.98. The minimum atomic E-state index is 0.936. The molecule has 0 N–H and O–H groups in total. The van der Waals surface area contributed by atoms with Crippen LogP contribution in [0.1, 0.15) is 13.3 Å². The van der Waals surface area contributed by atoms with E-state index in [1.807, 2.05) is 0 Å². The molecule has 4 heteroatoms. The Hall–Kier alpha value is 1.40. The molecule has 0 radical (unpaired) electrons. The van der Waals surface area contributed by atoms with Crippen LogP contribution in [0.4, 0.5) is 0 Å². The van der Waals surface area contributed by atoms with Gasteiger partial charge in [0.05, 0.1) is 18.3 Å². The molecule has 4 rings (SSSR count). The first kappa shape index (κ1) is 7.77. The maximum atomic E-state index is 2.42. The second-order valence-corrected chi connectivity index (χ2v) is 9.82. The van der Waals surface area contributed by atoms with E-state index in [4.69, 9.17) is 0 Å². The zero-order valence-electron chi connectivity index (χ0n) is 6.23. The van der Waals surface area contributed by atoms with Crippen LogP contribution in [0, 0.1) is 5.92 Å². The van der Waals surface area contributed by atoms with Crippen LogP contribution in [0.3, 0.4) is 0 Å². The molecule has 0 spiro atoms. The first-order valence-electron chi connectivity index (χ1n) is 3.95. The third-order valence-corrected chi connectivity index (χ3v) is 9.83. The van der Waals surface area contributed by atoms with Crippen LogP contribution in [0.5, 0.6) is 0 Å². The standard InChI is InChI=1S/C7H10S4/c1-3-6-8-4-2-5(10-6)11-7(3)9-4/h3-7H,2H2,1H3. The summed E-state index contributed by atoms with van der Waals surface area (Å²) in [6.07, 6.45) is 1.45. The second kappa shape index (κ2) is 2.69. The Bertz CT molecular complexity index is 153. The third-order valence-electron chi connectivity index (χ3n) is 2.39. The largest absolute Gasteiger partial charge is 0.133 e. The molecule has 4 aliphatic rings. The van der Waals surface area contributed by atoms with Gasteiger partial charge in [-0.2, -0.15) is 0 Å². The van der Waals surface area contributed by atoms with Crippen molar-refractivity contribution in [1.82, 2.24) is 0 Å². The van der Waals surface area contributed by atoms with Crippen molar-refractivity contribution in [1.29, 1.82) is 0 Å². The Morgan fingerprint density at radius 2 is 1.36 bits per heavy atom. The van der Waals surface area contributed by atoms with E-state index >= 15 is 0 Å². The van der Waals surface area contributed by atoms with E-state index in [2.05, 4.69) is 54.0 Å². The summed E-state index contributed by atoms with van der Waals surface area (Å²) in [7, 11) is 0. The van der Waals surface area contributed by atoms with Crippen molar-refractivity contribution in [2.45, 2.75) is 31.7 Å². The fourth-order valence-corrected chi connectivity index (χ4v) is 11.6. The predicted molar refractivity (Wildman–Crippen MR) is 59.3 cm³/mol. The molecule has 4 fully saturated rings. The van der Waals surface area contributed by atoms with E-state index in [0.717, 1.165) is 24.2 Å². The van der Waals surface area contributed by atoms with Gasteiger partial charge in [-0.25, -0.2) is 0 Å². The van der Waals surface area contributed by atoms with Gasteiger partial charge in [0, 0.05) is 0 Å². The zero-order chi connectivity index (χ0) is 7.42. The number of rotatable bonds is 0. The molecule has 0 nitrogen and oxygen atoms in total. The minimum absolute atomic E-state index is 0.936. The monoisotopic (exact) mass is 222 g/mol. The van der Waals surface area contributed by atoms with E-state index in [1.165, 1.54) is 6.42 Å². The molecule has 4 heterocycles. The highest BCUT2D eigenvalue weighted by atomic mass is 32.3. The summed E-state index contributed by atoms with van der Waals surface area (Å²) in [5.41, 5.74) is 0. The Labute approximate surface area is 84.4 Å². The van der Waals surface area contributed by atoms with E-state index < -0.39 is 0 Å². The zero-order valence-corrected chi connectivity index (χ0v) is 9.49. The van der Waals surface area contributed by atoms with Crippen molar-refractivity contribution in [3.05, 3.63) is 0 Å². The minimum Gasteiger partial charge on any atom is -0.133 e. The van der Waals surface area contributed by atoms with Gasteiger partial charge < -0.3 is 0 Å². The predicted octanol–water partition coefficient (Wildman–Crippen LogP) is 3.29. The summed E-state index contributed by atoms with van der Waals surface area (Å²) in [5.74, 6) is 0.938. The van der Waals surface area contributed by atoms with Crippen LogP contribution in [0.25, 0.3) is 0 Å². The van der Waals surface area contributed by atoms with E-state index in [0.29, 0.717) is 0 Å². The fourth-order valence-electron chi connectivity index (χ4n) is 1.73. The molecule has 0 amide bonds. The lowest BCUT2D eigenvalue weighted by Gasteiger charge is -2.51. The molecule has 0 aliphatic carbocycles. The fraction of sp³-hybridized carbons (Fsp3) is 1.00. The number of hydrogen-bond acceptors (Lipinski definition) is 4. The van der Waals surface area contributed by atoms with Crippen LogP contribution in [-0.2, 0) is 0 Å². The third kappa shape index (κ3) is 1.17. The summed E-state index contributed by atoms with van der Waals surface area (Å²) in [6, 6.07) is 0. The molecule has 11 heavy (non-hydrogen) atoms. The smallest absolute Gasteiger partial charge is 0.0568 e. The normalized spacial score (nSPS) is 60.3. The maximum Gasteiger partial charge on any atom is 0.0568 e. The van der Waals surface area contributed by atoms with Gasteiger partial charge in [0.1, 0.15) is 0 Å². The summed E-state index contributed by atoms with van der Waals surface area (Å²) in [5, 5.41) is 0. The Morgan fingerprint density at radius 1 is 0.909 bits per heavy atom. The average molecular weight is 222 g/mol.